The Hall–Kier alpha value is -2.74. The summed E-state index contributed by atoms with van der Waals surface area (Å²) in [6, 6.07) is 16.1. The number of aryl methyl sites for hydroxylation is 2. The molecular formula is C37H62ClN7OS4. The zero-order valence-electron chi connectivity index (χ0n) is 25.1. The van der Waals surface area contributed by atoms with Crippen LogP contribution in [0.3, 0.4) is 0 Å². The number of aromatic nitrogens is 4. The van der Waals surface area contributed by atoms with E-state index in [2.05, 4.69) is 53.2 Å². The fourth-order valence-electron chi connectivity index (χ4n) is 5.68. The fourth-order valence-corrected chi connectivity index (χ4v) is 7.34. The molecule has 5 aromatic rings. The first-order chi connectivity index (χ1) is 20.3. The lowest BCUT2D eigenvalue weighted by Crippen LogP contribution is -2.45. The number of fused-ring (bicyclic) bond motifs is 2. The van der Waals surface area contributed by atoms with Gasteiger partial charge in [-0.2, -0.15) is 37.2 Å². The smallest absolute Gasteiger partial charge is 0.317 e. The average Bonchev–Trinajstić information content (AvgIpc) is 3.77. The molecule has 8 nitrogen and oxygen atoms in total. The molecule has 2 aliphatic rings. The Morgan fingerprint density at radius 3 is 1.88 bits per heavy atom. The van der Waals surface area contributed by atoms with E-state index < -0.39 is 0 Å². The summed E-state index contributed by atoms with van der Waals surface area (Å²) in [5.41, 5.74) is 7.93. The minimum absolute atomic E-state index is 0. The van der Waals surface area contributed by atoms with Crippen LogP contribution in [0.1, 0.15) is 80.9 Å². The highest BCUT2D eigenvalue weighted by Crippen LogP contribution is 2.34. The summed E-state index contributed by atoms with van der Waals surface area (Å²) in [6.07, 6.45) is 1.86. The summed E-state index contributed by atoms with van der Waals surface area (Å²) >= 11 is 9.44. The highest BCUT2D eigenvalue weighted by Gasteiger charge is 2.32. The highest BCUT2D eigenvalue weighted by atomic mass is 35.5. The lowest BCUT2D eigenvalue weighted by atomic mass is 9.99. The van der Waals surface area contributed by atoms with E-state index in [1.165, 1.54) is 21.8 Å². The van der Waals surface area contributed by atoms with Gasteiger partial charge >= 0.3 is 6.03 Å². The molecular weight excluding hydrogens is 722 g/mol. The standard InChI is InChI=1S/C19H19ClN4OS.C12H15N3S.6CH4.2H2S/c1-12-9-16-15(18(22-23(16)2)17-7-4-8-26-17)11-24(12)19(25)21-14-6-3-5-13(20)10-14;1-8-6-10-9(7-13-8)12(14-15(10)2)11-4-3-5-16-11;;;;;;;;/h3-8,10,12H,9,11H2,1-2H3,(H,21,25);3-5,8,13H,6-7H2,1-2H3;6*1H4;2*1H2/t12-;8-;;;;;;;;/m00......../s1. The van der Waals surface area contributed by atoms with Gasteiger partial charge in [-0.15, -0.1) is 22.7 Å². The van der Waals surface area contributed by atoms with Crippen LogP contribution in [-0.2, 0) is 40.0 Å². The van der Waals surface area contributed by atoms with Crippen molar-refractivity contribution in [1.82, 2.24) is 29.8 Å². The van der Waals surface area contributed by atoms with Crippen molar-refractivity contribution in [3.8, 4) is 21.1 Å². The number of rotatable bonds is 3. The number of nitrogens with zero attached hydrogens (tertiary/aromatic N) is 5. The second-order valence-electron chi connectivity index (χ2n) is 10.9. The van der Waals surface area contributed by atoms with Gasteiger partial charge in [-0.05, 0) is 54.9 Å². The molecule has 2 N–H and O–H groups in total. The molecule has 2 atom stereocenters. The second kappa shape index (κ2) is 22.3. The van der Waals surface area contributed by atoms with Crippen molar-refractivity contribution in [3.63, 3.8) is 0 Å². The monoisotopic (exact) mass is 783 g/mol. The summed E-state index contributed by atoms with van der Waals surface area (Å²) in [4.78, 5) is 17.1. The second-order valence-corrected chi connectivity index (χ2v) is 13.2. The van der Waals surface area contributed by atoms with Gasteiger partial charge in [0.25, 0.3) is 0 Å². The Morgan fingerprint density at radius 1 is 0.820 bits per heavy atom. The summed E-state index contributed by atoms with van der Waals surface area (Å²) in [6.45, 7) is 5.78. The van der Waals surface area contributed by atoms with Crippen LogP contribution < -0.4 is 10.6 Å². The van der Waals surface area contributed by atoms with Gasteiger partial charge in [-0.1, -0.05) is 74.4 Å². The maximum atomic E-state index is 12.9. The number of benzene rings is 1. The molecule has 13 heteroatoms. The molecule has 1 aromatic carbocycles. The van der Waals surface area contributed by atoms with Crippen LogP contribution in [0.2, 0.25) is 5.02 Å². The maximum absolute atomic E-state index is 12.9. The lowest BCUT2D eigenvalue weighted by molar-refractivity contribution is 0.181. The molecule has 4 aromatic heterocycles. The lowest BCUT2D eigenvalue weighted by Gasteiger charge is -2.34. The third-order valence-electron chi connectivity index (χ3n) is 7.87. The number of thiophene rings is 2. The van der Waals surface area contributed by atoms with E-state index in [9.17, 15) is 4.79 Å². The van der Waals surface area contributed by atoms with E-state index in [0.717, 1.165) is 41.2 Å². The molecule has 0 saturated heterocycles. The molecule has 2 amide bonds. The van der Waals surface area contributed by atoms with Crippen molar-refractivity contribution < 1.29 is 4.79 Å². The Labute approximate surface area is 329 Å². The van der Waals surface area contributed by atoms with E-state index in [-0.39, 0.29) is 83.6 Å². The third-order valence-corrected chi connectivity index (χ3v) is 9.86. The molecule has 6 heterocycles. The number of halogens is 1. The van der Waals surface area contributed by atoms with Crippen LogP contribution in [0, 0.1) is 0 Å². The zero-order chi connectivity index (χ0) is 29.4. The summed E-state index contributed by atoms with van der Waals surface area (Å²) in [7, 11) is 4.03. The number of amides is 2. The van der Waals surface area contributed by atoms with Crippen molar-refractivity contribution in [2.45, 2.75) is 96.4 Å². The molecule has 50 heavy (non-hydrogen) atoms. The summed E-state index contributed by atoms with van der Waals surface area (Å²) < 4.78 is 3.99. The Bertz CT molecular complexity index is 1700. The van der Waals surface area contributed by atoms with Crippen molar-refractivity contribution in [1.29, 1.82) is 0 Å². The Balaban J connectivity index is -0.000000817. The molecule has 0 fully saturated rings. The first kappa shape index (κ1) is 51.6. The van der Waals surface area contributed by atoms with E-state index in [0.29, 0.717) is 23.3 Å². The van der Waals surface area contributed by atoms with Crippen molar-refractivity contribution in [2.24, 2.45) is 14.1 Å². The van der Waals surface area contributed by atoms with Crippen LogP contribution in [0.5, 0.6) is 0 Å². The van der Waals surface area contributed by atoms with Crippen LogP contribution >= 0.6 is 61.3 Å². The van der Waals surface area contributed by atoms with Crippen LogP contribution in [0.15, 0.2) is 59.3 Å². The number of carbonyl (C=O) groups is 1. The quantitative estimate of drug-likeness (QED) is 0.191. The number of hydrogen-bond donors (Lipinski definition) is 2. The van der Waals surface area contributed by atoms with Crippen molar-refractivity contribution in [3.05, 3.63) is 86.8 Å². The van der Waals surface area contributed by atoms with Gasteiger partial charge in [0.15, 0.2) is 0 Å². The molecule has 0 unspecified atom stereocenters. The van der Waals surface area contributed by atoms with E-state index in [4.69, 9.17) is 16.7 Å². The Kier molecular flexibility index (Phi) is 23.0. The Morgan fingerprint density at radius 2 is 1.36 bits per heavy atom. The van der Waals surface area contributed by atoms with Crippen LogP contribution in [0.25, 0.3) is 21.1 Å². The number of urea groups is 1. The first-order valence-corrected chi connectivity index (χ1v) is 16.2. The van der Waals surface area contributed by atoms with E-state index >= 15 is 0 Å². The molecule has 0 aliphatic carbocycles. The van der Waals surface area contributed by atoms with Crippen molar-refractivity contribution >= 4 is 73.0 Å². The minimum atomic E-state index is -0.119. The van der Waals surface area contributed by atoms with Gasteiger partial charge in [0.2, 0.25) is 0 Å². The zero-order valence-corrected chi connectivity index (χ0v) is 29.5. The molecule has 0 bridgehead atoms. The summed E-state index contributed by atoms with van der Waals surface area (Å²) in [5.74, 6) is 0. The van der Waals surface area contributed by atoms with E-state index in [1.807, 2.05) is 51.9 Å². The first-order valence-electron chi connectivity index (χ1n) is 14.0. The topological polar surface area (TPSA) is 80.0 Å². The van der Waals surface area contributed by atoms with Crippen LogP contribution in [-0.4, -0.2) is 42.6 Å². The fraction of sp³-hybridized carbons (Fsp3) is 0.432. The van der Waals surface area contributed by atoms with Gasteiger partial charge in [-0.3, -0.25) is 9.36 Å². The summed E-state index contributed by atoms with van der Waals surface area (Å²) in [5, 5.41) is 20.6. The van der Waals surface area contributed by atoms with Gasteiger partial charge < -0.3 is 15.5 Å². The molecule has 282 valence electrons. The number of nitrogens with one attached hydrogen (secondary N) is 2. The normalized spacial score (nSPS) is 14.9. The van der Waals surface area contributed by atoms with Gasteiger partial charge in [0.05, 0.1) is 16.3 Å². The predicted octanol–water partition coefficient (Wildman–Crippen LogP) is 11.0. The van der Waals surface area contributed by atoms with Crippen LogP contribution in [0.4, 0.5) is 10.5 Å². The highest BCUT2D eigenvalue weighted by molar-refractivity contribution is 7.59. The SMILES string of the molecule is C.C.C.C.C.C.C[C@H]1Cc2c(c(-c3cccs3)nn2C)CN1.C[C@H]1Cc2c(c(-c3cccs3)nn2C)CN1C(=O)Nc1cccc(Cl)c1.S.S. The van der Waals surface area contributed by atoms with E-state index in [1.54, 1.807) is 34.8 Å². The molecule has 2 aliphatic heterocycles. The van der Waals surface area contributed by atoms with Crippen molar-refractivity contribution in [2.75, 3.05) is 5.32 Å². The van der Waals surface area contributed by atoms with Gasteiger partial charge in [0, 0.05) is 78.8 Å². The largest absolute Gasteiger partial charge is 0.322 e. The molecule has 7 rings (SSSR count). The third kappa shape index (κ3) is 10.9. The minimum Gasteiger partial charge on any atom is -0.317 e. The molecule has 0 spiro atoms. The molecule has 0 radical (unpaired) electrons. The molecule has 0 saturated carbocycles. The number of carbonyl (C=O) groups excluding carboxylic acids is 1. The number of hydrogen-bond acceptors (Lipinski definition) is 6. The average molecular weight is 785 g/mol. The predicted molar refractivity (Wildman–Crippen MR) is 233 cm³/mol. The van der Waals surface area contributed by atoms with Gasteiger partial charge in [-0.25, -0.2) is 4.79 Å². The van der Waals surface area contributed by atoms with Gasteiger partial charge in [0.1, 0.15) is 11.4 Å². The number of anilines is 1. The maximum Gasteiger partial charge on any atom is 0.322 e.